The number of aromatic nitrogens is 2. The fourth-order valence-corrected chi connectivity index (χ4v) is 2.71. The first kappa shape index (κ1) is 18.5. The van der Waals surface area contributed by atoms with Crippen LogP contribution >= 0.6 is 11.3 Å². The van der Waals surface area contributed by atoms with E-state index in [0.717, 1.165) is 12.1 Å². The highest BCUT2D eigenvalue weighted by atomic mass is 32.1. The number of halogens is 3. The second-order valence-corrected chi connectivity index (χ2v) is 6.12. The molecule has 0 atom stereocenters. The van der Waals surface area contributed by atoms with Gasteiger partial charge in [-0.15, -0.1) is 0 Å². The molecule has 2 aromatic heterocycles. The summed E-state index contributed by atoms with van der Waals surface area (Å²) < 4.78 is 48.0. The average Bonchev–Trinajstić information content (AvgIpc) is 3.29. The smallest absolute Gasteiger partial charge is 0.416 e. The first-order chi connectivity index (χ1) is 12.7. The standard InChI is InChI=1S/C15H8F3N3O5S/c16-15(17,18)9-3-1-2-8(6-9)13-19-11(26-20-13)7-25-14(22)10-4-5-12(27-10)21(23)24/h1-6H,7H2. The molecule has 0 saturated heterocycles. The molecule has 12 heteroatoms. The van der Waals surface area contributed by atoms with E-state index in [-0.39, 0.29) is 27.2 Å². The second-order valence-electron chi connectivity index (χ2n) is 5.06. The van der Waals surface area contributed by atoms with Gasteiger partial charge in [-0.05, 0) is 18.2 Å². The van der Waals surface area contributed by atoms with Crippen LogP contribution in [0.2, 0.25) is 0 Å². The predicted octanol–water partition coefficient (Wildman–Crippen LogP) is 4.08. The molecule has 0 spiro atoms. The number of nitro groups is 1. The molecule has 1 aromatic carbocycles. The van der Waals surface area contributed by atoms with Crippen molar-refractivity contribution >= 4 is 22.3 Å². The lowest BCUT2D eigenvalue weighted by Crippen LogP contribution is -2.04. The molecule has 0 saturated carbocycles. The molecule has 2 heterocycles. The molecule has 0 amide bonds. The van der Waals surface area contributed by atoms with Crippen LogP contribution in [0.4, 0.5) is 18.2 Å². The van der Waals surface area contributed by atoms with Gasteiger partial charge in [-0.1, -0.05) is 28.6 Å². The van der Waals surface area contributed by atoms with E-state index in [1.165, 1.54) is 24.3 Å². The van der Waals surface area contributed by atoms with Crippen LogP contribution in [0.3, 0.4) is 0 Å². The molecule has 0 N–H and O–H groups in total. The number of ether oxygens (including phenoxy) is 1. The number of thiophene rings is 1. The van der Waals surface area contributed by atoms with Gasteiger partial charge in [-0.3, -0.25) is 10.1 Å². The van der Waals surface area contributed by atoms with Crippen molar-refractivity contribution in [3.05, 3.63) is 62.8 Å². The number of esters is 1. The fourth-order valence-electron chi connectivity index (χ4n) is 2.00. The highest BCUT2D eigenvalue weighted by Gasteiger charge is 2.30. The first-order valence-electron chi connectivity index (χ1n) is 7.15. The van der Waals surface area contributed by atoms with Gasteiger partial charge in [-0.25, -0.2) is 4.79 Å². The van der Waals surface area contributed by atoms with Gasteiger partial charge in [0, 0.05) is 11.6 Å². The van der Waals surface area contributed by atoms with Gasteiger partial charge in [0.1, 0.15) is 4.88 Å². The third kappa shape index (κ3) is 4.28. The van der Waals surface area contributed by atoms with Crippen LogP contribution in [-0.4, -0.2) is 21.0 Å². The Labute approximate surface area is 152 Å². The normalized spacial score (nSPS) is 11.4. The van der Waals surface area contributed by atoms with Gasteiger partial charge in [0.15, 0.2) is 6.61 Å². The van der Waals surface area contributed by atoms with E-state index < -0.39 is 29.2 Å². The molecular formula is C15H8F3N3O5S. The Morgan fingerprint density at radius 2 is 2.07 bits per heavy atom. The van der Waals surface area contributed by atoms with Gasteiger partial charge in [0.25, 0.3) is 5.89 Å². The quantitative estimate of drug-likeness (QED) is 0.361. The summed E-state index contributed by atoms with van der Waals surface area (Å²) in [5.74, 6) is -1.06. The summed E-state index contributed by atoms with van der Waals surface area (Å²) in [6.07, 6.45) is -4.51. The molecule has 0 aliphatic heterocycles. The molecule has 140 valence electrons. The maximum Gasteiger partial charge on any atom is 0.416 e. The van der Waals surface area contributed by atoms with Crippen LogP contribution in [0.1, 0.15) is 21.1 Å². The number of nitrogens with zero attached hydrogens (tertiary/aromatic N) is 3. The molecule has 0 unspecified atom stereocenters. The van der Waals surface area contributed by atoms with Gasteiger partial charge in [-0.2, -0.15) is 18.2 Å². The Morgan fingerprint density at radius 1 is 1.30 bits per heavy atom. The van der Waals surface area contributed by atoms with Crippen molar-refractivity contribution in [3.63, 3.8) is 0 Å². The number of carbonyl (C=O) groups is 1. The minimum Gasteiger partial charge on any atom is -0.451 e. The molecule has 0 fully saturated rings. The maximum atomic E-state index is 12.7. The molecule has 0 aliphatic carbocycles. The number of benzene rings is 1. The van der Waals surface area contributed by atoms with E-state index in [4.69, 9.17) is 9.26 Å². The molecule has 27 heavy (non-hydrogen) atoms. The van der Waals surface area contributed by atoms with Gasteiger partial charge in [0.05, 0.1) is 10.5 Å². The predicted molar refractivity (Wildman–Crippen MR) is 84.8 cm³/mol. The second kappa shape index (κ2) is 7.15. The lowest BCUT2D eigenvalue weighted by Gasteiger charge is -2.06. The topological polar surface area (TPSA) is 108 Å². The Bertz CT molecular complexity index is 999. The summed E-state index contributed by atoms with van der Waals surface area (Å²) in [6.45, 7) is -0.434. The van der Waals surface area contributed by atoms with Crippen molar-refractivity contribution in [2.75, 3.05) is 0 Å². The monoisotopic (exact) mass is 399 g/mol. The van der Waals surface area contributed by atoms with Crippen molar-refractivity contribution in [2.24, 2.45) is 0 Å². The summed E-state index contributed by atoms with van der Waals surface area (Å²) in [6, 6.07) is 6.77. The first-order valence-corrected chi connectivity index (χ1v) is 7.97. The van der Waals surface area contributed by atoms with Crippen LogP contribution in [0.15, 0.2) is 40.9 Å². The third-order valence-electron chi connectivity index (χ3n) is 3.22. The highest BCUT2D eigenvalue weighted by Crippen LogP contribution is 2.31. The average molecular weight is 399 g/mol. The Hall–Kier alpha value is -3.28. The van der Waals surface area contributed by atoms with Crippen molar-refractivity contribution in [2.45, 2.75) is 12.8 Å². The number of rotatable bonds is 5. The highest BCUT2D eigenvalue weighted by molar-refractivity contribution is 7.17. The zero-order valence-corrected chi connectivity index (χ0v) is 13.9. The van der Waals surface area contributed by atoms with Crippen LogP contribution in [0.25, 0.3) is 11.4 Å². The molecule has 0 radical (unpaired) electrons. The zero-order chi connectivity index (χ0) is 19.6. The van der Waals surface area contributed by atoms with Crippen molar-refractivity contribution < 1.29 is 32.1 Å². The van der Waals surface area contributed by atoms with Crippen molar-refractivity contribution in [3.8, 4) is 11.4 Å². The summed E-state index contributed by atoms with van der Waals surface area (Å²) in [5.41, 5.74) is -0.780. The van der Waals surface area contributed by atoms with Gasteiger partial charge >= 0.3 is 17.1 Å². The largest absolute Gasteiger partial charge is 0.451 e. The number of hydrogen-bond donors (Lipinski definition) is 0. The summed E-state index contributed by atoms with van der Waals surface area (Å²) in [5, 5.41) is 13.9. The summed E-state index contributed by atoms with van der Waals surface area (Å²) in [7, 11) is 0. The van der Waals surface area contributed by atoms with Gasteiger partial charge < -0.3 is 9.26 Å². The number of hydrogen-bond acceptors (Lipinski definition) is 8. The van der Waals surface area contributed by atoms with E-state index >= 15 is 0 Å². The Balaban J connectivity index is 1.67. The molecule has 8 nitrogen and oxygen atoms in total. The van der Waals surface area contributed by atoms with Crippen LogP contribution in [-0.2, 0) is 17.5 Å². The van der Waals surface area contributed by atoms with Crippen molar-refractivity contribution in [1.82, 2.24) is 10.1 Å². The Kier molecular flexibility index (Phi) is 4.90. The minimum absolute atomic E-state index is 0.0133. The van der Waals surface area contributed by atoms with E-state index in [2.05, 4.69) is 10.1 Å². The number of alkyl halides is 3. The lowest BCUT2D eigenvalue weighted by atomic mass is 10.1. The molecular weight excluding hydrogens is 391 g/mol. The van der Waals surface area contributed by atoms with Crippen LogP contribution < -0.4 is 0 Å². The summed E-state index contributed by atoms with van der Waals surface area (Å²) in [4.78, 5) is 25.7. The molecule has 3 rings (SSSR count). The van der Waals surface area contributed by atoms with Gasteiger partial charge in [0.2, 0.25) is 5.82 Å². The van der Waals surface area contributed by atoms with Crippen LogP contribution in [0, 0.1) is 10.1 Å². The van der Waals surface area contributed by atoms with E-state index in [9.17, 15) is 28.1 Å². The van der Waals surface area contributed by atoms with E-state index in [1.54, 1.807) is 0 Å². The van der Waals surface area contributed by atoms with E-state index in [1.807, 2.05) is 0 Å². The molecule has 0 aliphatic rings. The third-order valence-corrected chi connectivity index (χ3v) is 4.23. The fraction of sp³-hybridized carbons (Fsp3) is 0.133. The van der Waals surface area contributed by atoms with E-state index in [0.29, 0.717) is 11.3 Å². The summed E-state index contributed by atoms with van der Waals surface area (Å²) >= 11 is 0.643. The van der Waals surface area contributed by atoms with Crippen LogP contribution in [0.5, 0.6) is 0 Å². The minimum atomic E-state index is -4.51. The SMILES string of the molecule is O=C(OCc1nc(-c2cccc(C(F)(F)F)c2)no1)c1ccc([N+](=O)[O-])s1. The number of carbonyl (C=O) groups excluding carboxylic acids is 1. The molecule has 0 bridgehead atoms. The maximum absolute atomic E-state index is 12.7. The Morgan fingerprint density at radius 3 is 2.74 bits per heavy atom. The zero-order valence-electron chi connectivity index (χ0n) is 13.1. The van der Waals surface area contributed by atoms with Crippen molar-refractivity contribution in [1.29, 1.82) is 0 Å². The lowest BCUT2D eigenvalue weighted by molar-refractivity contribution is -0.380. The molecule has 3 aromatic rings.